The van der Waals surface area contributed by atoms with Crippen molar-refractivity contribution in [1.29, 1.82) is 5.26 Å². The molecule has 60 valence electrons. The van der Waals surface area contributed by atoms with E-state index in [-0.39, 0.29) is 11.3 Å². The van der Waals surface area contributed by atoms with Crippen molar-refractivity contribution in [1.82, 2.24) is 4.98 Å². The maximum absolute atomic E-state index is 10.8. The molecule has 0 bridgehead atoms. The third kappa shape index (κ3) is 1.71. The van der Waals surface area contributed by atoms with Crippen molar-refractivity contribution < 1.29 is 4.79 Å². The number of nitriles is 1. The first-order valence-electron chi connectivity index (χ1n) is 2.98. The van der Waals surface area contributed by atoms with Crippen molar-refractivity contribution >= 4 is 16.8 Å². The summed E-state index contributed by atoms with van der Waals surface area (Å²) < 4.78 is 0. The van der Waals surface area contributed by atoms with Gasteiger partial charge in [0.05, 0.1) is 11.6 Å². The van der Waals surface area contributed by atoms with Gasteiger partial charge in [0.1, 0.15) is 5.69 Å². The van der Waals surface area contributed by atoms with Crippen molar-refractivity contribution in [3.05, 3.63) is 33.7 Å². The molecule has 0 amide bonds. The molecule has 0 aromatic carbocycles. The van der Waals surface area contributed by atoms with Crippen LogP contribution in [0.4, 0.5) is 0 Å². The highest BCUT2D eigenvalue weighted by atomic mass is 35.5. The number of aromatic amines is 1. The minimum absolute atomic E-state index is 0.0688. The predicted molar refractivity (Wildman–Crippen MR) is 42.0 cm³/mol. The highest BCUT2D eigenvalue weighted by molar-refractivity contribution is 6.67. The van der Waals surface area contributed by atoms with E-state index in [4.69, 9.17) is 16.9 Å². The molecule has 0 spiro atoms. The van der Waals surface area contributed by atoms with Gasteiger partial charge < -0.3 is 4.98 Å². The molecule has 1 aromatic rings. The Morgan fingerprint density at radius 3 is 2.75 bits per heavy atom. The Hall–Kier alpha value is -1.60. The Morgan fingerprint density at radius 2 is 2.25 bits per heavy atom. The number of nitrogens with zero attached hydrogens (tertiary/aromatic N) is 1. The maximum atomic E-state index is 10.8. The molecule has 0 aliphatic heterocycles. The molecule has 12 heavy (non-hydrogen) atoms. The minimum atomic E-state index is -0.788. The van der Waals surface area contributed by atoms with Crippen LogP contribution in [0.1, 0.15) is 16.1 Å². The van der Waals surface area contributed by atoms with Crippen LogP contribution in [0.2, 0.25) is 0 Å². The lowest BCUT2D eigenvalue weighted by Gasteiger charge is -1.92. The van der Waals surface area contributed by atoms with E-state index in [1.165, 1.54) is 6.07 Å². The van der Waals surface area contributed by atoms with Crippen LogP contribution in [0.15, 0.2) is 16.9 Å². The van der Waals surface area contributed by atoms with E-state index in [0.717, 1.165) is 6.07 Å². The highest BCUT2D eigenvalue weighted by Crippen LogP contribution is 2.00. The number of carbonyl (C=O) groups is 1. The summed E-state index contributed by atoms with van der Waals surface area (Å²) >= 11 is 5.09. The van der Waals surface area contributed by atoms with Crippen LogP contribution in [0, 0.1) is 11.3 Å². The minimum Gasteiger partial charge on any atom is -0.318 e. The fourth-order valence-corrected chi connectivity index (χ4v) is 0.816. The highest BCUT2D eigenvalue weighted by Gasteiger charge is 2.04. The fourth-order valence-electron chi connectivity index (χ4n) is 0.714. The molecule has 1 rings (SSSR count). The first-order valence-corrected chi connectivity index (χ1v) is 3.35. The number of carbonyl (C=O) groups excluding carboxylic acids is 1. The first kappa shape index (κ1) is 8.50. The van der Waals surface area contributed by atoms with Gasteiger partial charge in [0.25, 0.3) is 5.24 Å². The lowest BCUT2D eigenvalue weighted by molar-refractivity contribution is 0.107. The smallest absolute Gasteiger partial charge is 0.268 e. The van der Waals surface area contributed by atoms with Gasteiger partial charge in [-0.2, -0.15) is 5.26 Å². The molecule has 1 heterocycles. The summed E-state index contributed by atoms with van der Waals surface area (Å²) in [5.74, 6) is 0. The zero-order valence-corrected chi connectivity index (χ0v) is 6.55. The molecule has 1 aromatic heterocycles. The average Bonchev–Trinajstić information content (AvgIpc) is 2.03. The summed E-state index contributed by atoms with van der Waals surface area (Å²) in [4.78, 5) is 23.5. The Labute approximate surface area is 72.4 Å². The van der Waals surface area contributed by atoms with Crippen LogP contribution >= 0.6 is 11.6 Å². The summed E-state index contributed by atoms with van der Waals surface area (Å²) in [7, 11) is 0. The number of rotatable bonds is 1. The zero-order chi connectivity index (χ0) is 9.14. The lowest BCUT2D eigenvalue weighted by Crippen LogP contribution is -2.09. The maximum Gasteiger partial charge on any atom is 0.268 e. The Kier molecular flexibility index (Phi) is 2.26. The van der Waals surface area contributed by atoms with Gasteiger partial charge in [-0.15, -0.1) is 0 Å². The number of pyridine rings is 1. The normalized spacial score (nSPS) is 9.00. The standard InChI is InChI=1S/C7H3ClN2O2/c8-7(12)5-1-4(3-9)2-6(11)10-5/h1-2H,(H,10,11). The number of hydrogen-bond acceptors (Lipinski definition) is 3. The number of halogens is 1. The molecule has 0 aliphatic rings. The molecule has 1 N–H and O–H groups in total. The quantitative estimate of drug-likeness (QED) is 0.648. The molecule has 0 saturated carbocycles. The van der Waals surface area contributed by atoms with Gasteiger partial charge in [0.15, 0.2) is 0 Å². The van der Waals surface area contributed by atoms with Crippen LogP contribution < -0.4 is 5.56 Å². The molecule has 0 unspecified atom stereocenters. The predicted octanol–water partition coefficient (Wildman–Crippen LogP) is 0.626. The Balaban J connectivity index is 3.36. The molecule has 0 fully saturated rings. The molecule has 0 radical (unpaired) electrons. The molecule has 0 aliphatic carbocycles. The molecule has 5 heteroatoms. The zero-order valence-electron chi connectivity index (χ0n) is 5.80. The van der Waals surface area contributed by atoms with Crippen molar-refractivity contribution in [3.8, 4) is 6.07 Å². The lowest BCUT2D eigenvalue weighted by atomic mass is 10.2. The van der Waals surface area contributed by atoms with Crippen LogP contribution in [0.25, 0.3) is 0 Å². The van der Waals surface area contributed by atoms with E-state index in [2.05, 4.69) is 4.98 Å². The third-order valence-electron chi connectivity index (χ3n) is 1.19. The van der Waals surface area contributed by atoms with Gasteiger partial charge in [0.2, 0.25) is 5.56 Å². The molecule has 0 saturated heterocycles. The van der Waals surface area contributed by atoms with Crippen molar-refractivity contribution in [2.24, 2.45) is 0 Å². The van der Waals surface area contributed by atoms with E-state index in [1.54, 1.807) is 6.07 Å². The molecular formula is C7H3ClN2O2. The van der Waals surface area contributed by atoms with Crippen LogP contribution in [-0.4, -0.2) is 10.2 Å². The van der Waals surface area contributed by atoms with E-state index in [1.807, 2.05) is 0 Å². The van der Waals surface area contributed by atoms with E-state index in [0.29, 0.717) is 0 Å². The monoisotopic (exact) mass is 182 g/mol. The molecular weight excluding hydrogens is 180 g/mol. The second-order valence-corrected chi connectivity index (χ2v) is 2.38. The van der Waals surface area contributed by atoms with Crippen molar-refractivity contribution in [3.63, 3.8) is 0 Å². The summed E-state index contributed by atoms with van der Waals surface area (Å²) in [5.41, 5.74) is -0.471. The summed E-state index contributed by atoms with van der Waals surface area (Å²) in [5, 5.41) is 7.62. The van der Waals surface area contributed by atoms with E-state index < -0.39 is 10.8 Å². The number of hydrogen-bond donors (Lipinski definition) is 1. The van der Waals surface area contributed by atoms with Crippen LogP contribution in [-0.2, 0) is 0 Å². The van der Waals surface area contributed by atoms with Gasteiger partial charge in [-0.3, -0.25) is 9.59 Å². The van der Waals surface area contributed by atoms with Gasteiger partial charge in [-0.05, 0) is 17.7 Å². The van der Waals surface area contributed by atoms with E-state index in [9.17, 15) is 9.59 Å². The van der Waals surface area contributed by atoms with Gasteiger partial charge in [0, 0.05) is 6.07 Å². The topological polar surface area (TPSA) is 73.7 Å². The fraction of sp³-hybridized carbons (Fsp3) is 0. The van der Waals surface area contributed by atoms with Crippen molar-refractivity contribution in [2.45, 2.75) is 0 Å². The average molecular weight is 183 g/mol. The largest absolute Gasteiger partial charge is 0.318 e. The second-order valence-electron chi connectivity index (χ2n) is 2.03. The third-order valence-corrected chi connectivity index (χ3v) is 1.39. The van der Waals surface area contributed by atoms with E-state index >= 15 is 0 Å². The number of aromatic nitrogens is 1. The summed E-state index contributed by atoms with van der Waals surface area (Å²) in [6.45, 7) is 0. The van der Waals surface area contributed by atoms with Crippen LogP contribution in [0.5, 0.6) is 0 Å². The number of nitrogens with one attached hydrogen (secondary N) is 1. The first-order chi connectivity index (χ1) is 5.63. The second kappa shape index (κ2) is 3.20. The van der Waals surface area contributed by atoms with Gasteiger partial charge in [-0.25, -0.2) is 0 Å². The van der Waals surface area contributed by atoms with Crippen molar-refractivity contribution in [2.75, 3.05) is 0 Å². The molecule has 4 nitrogen and oxygen atoms in total. The summed E-state index contributed by atoms with van der Waals surface area (Å²) in [6.07, 6.45) is 0. The molecule has 0 atom stereocenters. The Morgan fingerprint density at radius 1 is 1.58 bits per heavy atom. The van der Waals surface area contributed by atoms with Crippen LogP contribution in [0.3, 0.4) is 0 Å². The van der Waals surface area contributed by atoms with Gasteiger partial charge >= 0.3 is 0 Å². The Bertz CT molecular complexity index is 416. The van der Waals surface area contributed by atoms with Gasteiger partial charge in [-0.1, -0.05) is 0 Å². The SMILES string of the molecule is N#Cc1cc(C(=O)Cl)[nH]c(=O)c1. The number of H-pyrrole nitrogens is 1. The summed E-state index contributed by atoms with van der Waals surface area (Å²) in [6, 6.07) is 4.04.